The Morgan fingerprint density at radius 3 is 2.44 bits per heavy atom. The molecular formula is C27H30FN5O. The fourth-order valence-electron chi connectivity index (χ4n) is 4.34. The Bertz CT molecular complexity index is 1200. The molecule has 0 aliphatic carbocycles. The van der Waals surface area contributed by atoms with Crippen LogP contribution in [0, 0.1) is 19.7 Å². The molecule has 0 atom stereocenters. The number of allylic oxidation sites excluding steroid dienone is 1. The smallest absolute Gasteiger partial charge is 0.321 e. The van der Waals surface area contributed by atoms with Gasteiger partial charge in [0.2, 0.25) is 0 Å². The van der Waals surface area contributed by atoms with E-state index in [0.717, 1.165) is 54.0 Å². The van der Waals surface area contributed by atoms with E-state index in [4.69, 9.17) is 14.7 Å². The summed E-state index contributed by atoms with van der Waals surface area (Å²) in [6, 6.07) is 12.8. The highest BCUT2D eigenvalue weighted by Crippen LogP contribution is 2.33. The van der Waals surface area contributed by atoms with Gasteiger partial charge in [-0.2, -0.15) is 4.99 Å². The maximum Gasteiger partial charge on any atom is 0.321 e. The van der Waals surface area contributed by atoms with Gasteiger partial charge in [-0.05, 0) is 101 Å². The number of benzene rings is 2. The highest BCUT2D eigenvalue weighted by Gasteiger charge is 2.24. The minimum atomic E-state index is -0.285. The lowest BCUT2D eigenvalue weighted by Crippen LogP contribution is -2.29. The number of halogens is 1. The van der Waals surface area contributed by atoms with E-state index in [1.165, 1.54) is 12.1 Å². The van der Waals surface area contributed by atoms with Crippen LogP contribution in [0.15, 0.2) is 64.9 Å². The SMILES string of the molecule is C=NC(=N/C(=C\C)c1c(-c2ccc(F)cc2)ncn1C1CCNCC1)Oc1cc(C)cc(C)c1. The van der Waals surface area contributed by atoms with Crippen molar-refractivity contribution >= 4 is 18.4 Å². The van der Waals surface area contributed by atoms with Gasteiger partial charge in [-0.1, -0.05) is 12.1 Å². The van der Waals surface area contributed by atoms with Crippen LogP contribution in [-0.2, 0) is 0 Å². The molecule has 2 aromatic carbocycles. The van der Waals surface area contributed by atoms with Crippen molar-refractivity contribution in [1.29, 1.82) is 0 Å². The summed E-state index contributed by atoms with van der Waals surface area (Å²) in [6.45, 7) is 11.5. The third-order valence-electron chi connectivity index (χ3n) is 5.89. The number of hydrogen-bond acceptors (Lipinski definition) is 4. The van der Waals surface area contributed by atoms with Gasteiger partial charge in [0.25, 0.3) is 0 Å². The Labute approximate surface area is 199 Å². The molecule has 34 heavy (non-hydrogen) atoms. The van der Waals surface area contributed by atoms with Gasteiger partial charge in [-0.25, -0.2) is 14.4 Å². The third-order valence-corrected chi connectivity index (χ3v) is 5.89. The Kier molecular flexibility index (Phi) is 7.33. The van der Waals surface area contributed by atoms with E-state index in [1.807, 2.05) is 45.3 Å². The first-order valence-corrected chi connectivity index (χ1v) is 11.5. The number of nitrogens with one attached hydrogen (secondary N) is 1. The Morgan fingerprint density at radius 1 is 1.15 bits per heavy atom. The first kappa shape index (κ1) is 23.6. The number of piperidine rings is 1. The molecule has 6 nitrogen and oxygen atoms in total. The maximum absolute atomic E-state index is 13.6. The predicted molar refractivity (Wildman–Crippen MR) is 136 cm³/mol. The Hall–Kier alpha value is -3.58. The van der Waals surface area contributed by atoms with Crippen LogP contribution in [0.2, 0.25) is 0 Å². The summed E-state index contributed by atoms with van der Waals surface area (Å²) in [5.74, 6) is 0.372. The number of nitrogens with zero attached hydrogens (tertiary/aromatic N) is 4. The van der Waals surface area contributed by atoms with Crippen molar-refractivity contribution in [2.24, 2.45) is 9.98 Å². The molecule has 0 unspecified atom stereocenters. The van der Waals surface area contributed by atoms with Crippen LogP contribution in [0.25, 0.3) is 17.0 Å². The summed E-state index contributed by atoms with van der Waals surface area (Å²) < 4.78 is 21.8. The summed E-state index contributed by atoms with van der Waals surface area (Å²) >= 11 is 0. The molecule has 0 spiro atoms. The molecule has 0 saturated carbocycles. The molecule has 2 heterocycles. The lowest BCUT2D eigenvalue weighted by atomic mass is 10.0. The van der Waals surface area contributed by atoms with E-state index in [1.54, 1.807) is 12.1 Å². The number of ether oxygens (including phenoxy) is 1. The van der Waals surface area contributed by atoms with E-state index < -0.39 is 0 Å². The zero-order valence-corrected chi connectivity index (χ0v) is 19.9. The van der Waals surface area contributed by atoms with Crippen LogP contribution < -0.4 is 10.1 Å². The second kappa shape index (κ2) is 10.6. The van der Waals surface area contributed by atoms with Gasteiger partial charge < -0.3 is 14.6 Å². The molecule has 1 aliphatic rings. The summed E-state index contributed by atoms with van der Waals surface area (Å²) in [6.07, 6.45) is 5.74. The van der Waals surface area contributed by atoms with Crippen LogP contribution in [0.3, 0.4) is 0 Å². The zero-order valence-electron chi connectivity index (χ0n) is 19.9. The van der Waals surface area contributed by atoms with Crippen molar-refractivity contribution in [3.63, 3.8) is 0 Å². The minimum absolute atomic E-state index is 0.154. The van der Waals surface area contributed by atoms with Crippen LogP contribution in [0.1, 0.15) is 42.6 Å². The van der Waals surface area contributed by atoms with E-state index in [9.17, 15) is 4.39 Å². The molecule has 1 aliphatic heterocycles. The molecule has 0 radical (unpaired) electrons. The number of aromatic nitrogens is 2. The van der Waals surface area contributed by atoms with Gasteiger partial charge in [-0.15, -0.1) is 0 Å². The van der Waals surface area contributed by atoms with Crippen LogP contribution >= 0.6 is 0 Å². The van der Waals surface area contributed by atoms with Crippen molar-refractivity contribution in [2.75, 3.05) is 13.1 Å². The number of rotatable bonds is 5. The van der Waals surface area contributed by atoms with Crippen molar-refractivity contribution in [3.05, 3.63) is 77.5 Å². The zero-order chi connectivity index (χ0) is 24.1. The Balaban J connectivity index is 1.77. The predicted octanol–water partition coefficient (Wildman–Crippen LogP) is 5.73. The number of amidine groups is 1. The topological polar surface area (TPSA) is 63.8 Å². The number of imidazole rings is 1. The maximum atomic E-state index is 13.6. The average molecular weight is 460 g/mol. The normalized spacial score (nSPS) is 15.4. The van der Waals surface area contributed by atoms with Crippen molar-refractivity contribution in [2.45, 2.75) is 39.7 Å². The standard InChI is InChI=1S/C27H30FN5O/c1-5-24(32-27(29-4)34-23-15-18(2)14-19(3)16-23)26-25(20-6-8-21(28)9-7-20)31-17-33(26)22-10-12-30-13-11-22/h5-9,14-17,22,30H,4,10-13H2,1-3H3/b24-5-,32-27?. The highest BCUT2D eigenvalue weighted by molar-refractivity contribution is 5.88. The minimum Gasteiger partial charge on any atom is -0.424 e. The Morgan fingerprint density at radius 2 is 1.82 bits per heavy atom. The molecule has 4 rings (SSSR count). The highest BCUT2D eigenvalue weighted by atomic mass is 19.1. The second-order valence-corrected chi connectivity index (χ2v) is 8.49. The largest absolute Gasteiger partial charge is 0.424 e. The lowest BCUT2D eigenvalue weighted by molar-refractivity contribution is 0.366. The van der Waals surface area contributed by atoms with Crippen molar-refractivity contribution in [1.82, 2.24) is 14.9 Å². The van der Waals surface area contributed by atoms with Gasteiger partial charge in [0.05, 0.1) is 23.4 Å². The molecule has 0 amide bonds. The number of aliphatic imine (C=N–C) groups is 2. The van der Waals surface area contributed by atoms with Gasteiger partial charge in [0.15, 0.2) is 0 Å². The van der Waals surface area contributed by atoms with E-state index in [-0.39, 0.29) is 17.9 Å². The van der Waals surface area contributed by atoms with E-state index in [0.29, 0.717) is 11.4 Å². The van der Waals surface area contributed by atoms with Gasteiger partial charge in [0, 0.05) is 11.6 Å². The summed E-state index contributed by atoms with van der Waals surface area (Å²) in [5.41, 5.74) is 5.26. The van der Waals surface area contributed by atoms with Gasteiger partial charge >= 0.3 is 6.02 Å². The number of aryl methyl sites for hydroxylation is 2. The van der Waals surface area contributed by atoms with Crippen LogP contribution in [0.5, 0.6) is 5.75 Å². The van der Waals surface area contributed by atoms with Gasteiger partial charge in [0.1, 0.15) is 11.6 Å². The summed E-state index contributed by atoms with van der Waals surface area (Å²) in [5, 5.41) is 3.41. The molecule has 1 N–H and O–H groups in total. The molecule has 3 aromatic rings. The molecule has 1 fully saturated rings. The second-order valence-electron chi connectivity index (χ2n) is 8.49. The van der Waals surface area contributed by atoms with Crippen molar-refractivity contribution in [3.8, 4) is 17.0 Å². The fraction of sp³-hybridized carbons (Fsp3) is 0.296. The quantitative estimate of drug-likeness (QED) is 0.392. The lowest BCUT2D eigenvalue weighted by Gasteiger charge is -2.26. The summed E-state index contributed by atoms with van der Waals surface area (Å²) in [7, 11) is 0. The molecule has 1 aromatic heterocycles. The molecule has 1 saturated heterocycles. The summed E-state index contributed by atoms with van der Waals surface area (Å²) in [4.78, 5) is 13.5. The molecule has 176 valence electrons. The first-order chi connectivity index (χ1) is 16.5. The molecular weight excluding hydrogens is 429 g/mol. The number of hydrogen-bond donors (Lipinski definition) is 1. The fourth-order valence-corrected chi connectivity index (χ4v) is 4.34. The monoisotopic (exact) mass is 459 g/mol. The van der Waals surface area contributed by atoms with Gasteiger partial charge in [-0.3, -0.25) is 0 Å². The van der Waals surface area contributed by atoms with Crippen LogP contribution in [0.4, 0.5) is 4.39 Å². The van der Waals surface area contributed by atoms with E-state index >= 15 is 0 Å². The molecule has 7 heteroatoms. The van der Waals surface area contributed by atoms with E-state index in [2.05, 4.69) is 27.7 Å². The average Bonchev–Trinajstić information content (AvgIpc) is 3.27. The van der Waals surface area contributed by atoms with Crippen LogP contribution in [-0.4, -0.2) is 35.4 Å². The third kappa shape index (κ3) is 5.31. The first-order valence-electron chi connectivity index (χ1n) is 11.5. The molecule has 0 bridgehead atoms. The van der Waals surface area contributed by atoms with Crippen molar-refractivity contribution < 1.29 is 9.13 Å².